The lowest BCUT2D eigenvalue weighted by Crippen LogP contribution is -2.36. The second-order valence-electron chi connectivity index (χ2n) is 5.79. The van der Waals surface area contributed by atoms with Gasteiger partial charge in [0, 0.05) is 4.88 Å². The van der Waals surface area contributed by atoms with Gasteiger partial charge in [0.15, 0.2) is 0 Å². The Morgan fingerprint density at radius 2 is 1.96 bits per heavy atom. The molecule has 1 amide bonds. The van der Waals surface area contributed by atoms with E-state index in [1.807, 2.05) is 6.07 Å². The van der Waals surface area contributed by atoms with E-state index < -0.39 is 0 Å². The van der Waals surface area contributed by atoms with Crippen LogP contribution >= 0.6 is 11.3 Å². The molecule has 2 atom stereocenters. The highest BCUT2D eigenvalue weighted by Gasteiger charge is 2.16. The number of carbonyl (C=O) groups is 1. The van der Waals surface area contributed by atoms with Gasteiger partial charge in [-0.15, -0.1) is 17.8 Å². The van der Waals surface area contributed by atoms with Gasteiger partial charge in [-0.25, -0.2) is 0 Å². The Kier molecular flexibility index (Phi) is 7.05. The van der Waals surface area contributed by atoms with Gasteiger partial charge in [-0.3, -0.25) is 10.1 Å². The Morgan fingerprint density at radius 3 is 2.54 bits per heavy atom. The number of rotatable bonds is 8. The number of benzene rings is 1. The molecule has 2 aromatic rings. The minimum Gasteiger partial charge on any atom is -0.344 e. The second-order valence-corrected chi connectivity index (χ2v) is 6.77. The van der Waals surface area contributed by atoms with E-state index in [1.165, 1.54) is 10.4 Å². The SMILES string of the molecule is C#CCNC(=O)CN[C@@H](c1ccc([C@@H](C)CC)cc1)c1cccs1. The third-order valence-electron chi connectivity index (χ3n) is 4.13. The first-order valence-electron chi connectivity index (χ1n) is 8.22. The minimum absolute atomic E-state index is 0.00701. The van der Waals surface area contributed by atoms with Gasteiger partial charge in [-0.2, -0.15) is 0 Å². The van der Waals surface area contributed by atoms with Gasteiger partial charge in [-0.05, 0) is 34.9 Å². The smallest absolute Gasteiger partial charge is 0.234 e. The van der Waals surface area contributed by atoms with Crippen LogP contribution in [0.15, 0.2) is 41.8 Å². The molecular formula is C20H24N2OS. The van der Waals surface area contributed by atoms with Gasteiger partial charge < -0.3 is 5.32 Å². The predicted octanol–water partition coefficient (Wildman–Crippen LogP) is 3.69. The van der Waals surface area contributed by atoms with Crippen molar-refractivity contribution in [2.45, 2.75) is 32.2 Å². The molecule has 4 heteroatoms. The van der Waals surface area contributed by atoms with E-state index in [9.17, 15) is 4.79 Å². The topological polar surface area (TPSA) is 41.1 Å². The number of hydrogen-bond donors (Lipinski definition) is 2. The number of hydrogen-bond acceptors (Lipinski definition) is 3. The molecule has 2 N–H and O–H groups in total. The summed E-state index contributed by atoms with van der Waals surface area (Å²) in [5.41, 5.74) is 2.51. The van der Waals surface area contributed by atoms with E-state index in [1.54, 1.807) is 11.3 Å². The highest BCUT2D eigenvalue weighted by atomic mass is 32.1. The summed E-state index contributed by atoms with van der Waals surface area (Å²) < 4.78 is 0. The molecule has 0 aliphatic rings. The molecule has 0 radical (unpaired) electrons. The zero-order valence-corrected chi connectivity index (χ0v) is 15.0. The Hall–Kier alpha value is -2.09. The van der Waals surface area contributed by atoms with Crippen molar-refractivity contribution in [3.63, 3.8) is 0 Å². The van der Waals surface area contributed by atoms with Crippen LogP contribution in [0.2, 0.25) is 0 Å². The summed E-state index contributed by atoms with van der Waals surface area (Å²) in [6.07, 6.45) is 6.29. The van der Waals surface area contributed by atoms with E-state index in [4.69, 9.17) is 6.42 Å². The van der Waals surface area contributed by atoms with Gasteiger partial charge in [-0.1, -0.05) is 50.1 Å². The maximum absolute atomic E-state index is 11.8. The Bertz CT molecular complexity index is 671. The molecule has 0 aliphatic heterocycles. The molecule has 0 fully saturated rings. The molecule has 24 heavy (non-hydrogen) atoms. The number of terminal acetylenes is 1. The van der Waals surface area contributed by atoms with Crippen LogP contribution in [0.25, 0.3) is 0 Å². The van der Waals surface area contributed by atoms with E-state index in [2.05, 4.69) is 66.1 Å². The average molecular weight is 340 g/mol. The number of thiophene rings is 1. The third kappa shape index (κ3) is 4.95. The van der Waals surface area contributed by atoms with Crippen molar-refractivity contribution in [3.05, 3.63) is 57.8 Å². The molecule has 1 aromatic carbocycles. The predicted molar refractivity (Wildman–Crippen MR) is 101 cm³/mol. The normalized spacial score (nSPS) is 13.0. The lowest BCUT2D eigenvalue weighted by atomic mass is 9.95. The van der Waals surface area contributed by atoms with Crippen molar-refractivity contribution < 1.29 is 4.79 Å². The summed E-state index contributed by atoms with van der Waals surface area (Å²) in [6.45, 7) is 4.92. The lowest BCUT2D eigenvalue weighted by Gasteiger charge is -2.19. The van der Waals surface area contributed by atoms with Crippen LogP contribution in [0.3, 0.4) is 0 Å². The van der Waals surface area contributed by atoms with Crippen molar-refractivity contribution in [1.82, 2.24) is 10.6 Å². The van der Waals surface area contributed by atoms with Gasteiger partial charge in [0.05, 0.1) is 19.1 Å². The molecule has 0 spiro atoms. The first-order chi connectivity index (χ1) is 11.7. The van der Waals surface area contributed by atoms with Gasteiger partial charge in [0.1, 0.15) is 0 Å². The molecule has 126 valence electrons. The summed E-state index contributed by atoms with van der Waals surface area (Å²) in [5.74, 6) is 2.88. The van der Waals surface area contributed by atoms with Crippen LogP contribution in [0.5, 0.6) is 0 Å². The molecule has 2 rings (SSSR count). The molecule has 1 heterocycles. The largest absolute Gasteiger partial charge is 0.344 e. The van der Waals surface area contributed by atoms with Crippen molar-refractivity contribution >= 4 is 17.2 Å². The van der Waals surface area contributed by atoms with Crippen molar-refractivity contribution in [1.29, 1.82) is 0 Å². The Balaban J connectivity index is 2.12. The quantitative estimate of drug-likeness (QED) is 0.720. The van der Waals surface area contributed by atoms with E-state index in [-0.39, 0.29) is 25.0 Å². The maximum atomic E-state index is 11.8. The molecule has 3 nitrogen and oxygen atoms in total. The molecule has 0 saturated heterocycles. The highest BCUT2D eigenvalue weighted by molar-refractivity contribution is 7.10. The van der Waals surface area contributed by atoms with Gasteiger partial charge in [0.2, 0.25) is 5.91 Å². The molecule has 0 bridgehead atoms. The fourth-order valence-electron chi connectivity index (χ4n) is 2.50. The average Bonchev–Trinajstić information content (AvgIpc) is 3.14. The van der Waals surface area contributed by atoms with Crippen LogP contribution in [-0.4, -0.2) is 19.0 Å². The number of nitrogens with one attached hydrogen (secondary N) is 2. The summed E-state index contributed by atoms with van der Waals surface area (Å²) in [5, 5.41) is 8.07. The molecule has 0 saturated carbocycles. The van der Waals surface area contributed by atoms with Crippen LogP contribution in [-0.2, 0) is 4.79 Å². The first-order valence-corrected chi connectivity index (χ1v) is 9.10. The fraction of sp³-hybridized carbons (Fsp3) is 0.350. The van der Waals surface area contributed by atoms with Crippen molar-refractivity contribution in [3.8, 4) is 12.3 Å². The van der Waals surface area contributed by atoms with Crippen molar-refractivity contribution in [2.75, 3.05) is 13.1 Å². The van der Waals surface area contributed by atoms with Crippen molar-refractivity contribution in [2.24, 2.45) is 0 Å². The van der Waals surface area contributed by atoms with Gasteiger partial charge >= 0.3 is 0 Å². The molecule has 1 aromatic heterocycles. The third-order valence-corrected chi connectivity index (χ3v) is 5.07. The van der Waals surface area contributed by atoms with Crippen LogP contribution in [0.1, 0.15) is 48.2 Å². The zero-order chi connectivity index (χ0) is 17.4. The molecule has 0 aliphatic carbocycles. The van der Waals surface area contributed by atoms with Crippen LogP contribution < -0.4 is 10.6 Å². The summed E-state index contributed by atoms with van der Waals surface area (Å²) in [7, 11) is 0. The van der Waals surface area contributed by atoms with E-state index >= 15 is 0 Å². The second kappa shape index (κ2) is 9.27. The monoisotopic (exact) mass is 340 g/mol. The molecule has 0 unspecified atom stereocenters. The maximum Gasteiger partial charge on any atom is 0.234 e. The summed E-state index contributed by atoms with van der Waals surface area (Å²) in [4.78, 5) is 13.0. The summed E-state index contributed by atoms with van der Waals surface area (Å²) >= 11 is 1.68. The first kappa shape index (κ1) is 18.3. The lowest BCUT2D eigenvalue weighted by molar-refractivity contribution is -0.120. The standard InChI is InChI=1S/C20H24N2OS/c1-4-12-21-19(23)14-22-20(18-7-6-13-24-18)17-10-8-16(9-11-17)15(3)5-2/h1,6-11,13,15,20,22H,5,12,14H2,2-3H3,(H,21,23)/t15-,20-/m0/s1. The summed E-state index contributed by atoms with van der Waals surface area (Å²) in [6, 6.07) is 12.8. The van der Waals surface area contributed by atoms with Crippen LogP contribution in [0.4, 0.5) is 0 Å². The van der Waals surface area contributed by atoms with Crippen LogP contribution in [0, 0.1) is 12.3 Å². The fourth-order valence-corrected chi connectivity index (χ4v) is 3.32. The zero-order valence-electron chi connectivity index (χ0n) is 14.2. The Morgan fingerprint density at radius 1 is 1.25 bits per heavy atom. The van der Waals surface area contributed by atoms with Gasteiger partial charge in [0.25, 0.3) is 0 Å². The van der Waals surface area contributed by atoms with E-state index in [0.29, 0.717) is 5.92 Å². The number of carbonyl (C=O) groups excluding carboxylic acids is 1. The highest BCUT2D eigenvalue weighted by Crippen LogP contribution is 2.27. The minimum atomic E-state index is -0.0919. The number of amides is 1. The Labute approximate surface area is 148 Å². The van der Waals surface area contributed by atoms with E-state index in [0.717, 1.165) is 12.0 Å². The molecular weight excluding hydrogens is 316 g/mol.